The minimum absolute atomic E-state index is 0.0462. The van der Waals surface area contributed by atoms with Crippen molar-refractivity contribution in [1.82, 2.24) is 25.3 Å². The van der Waals surface area contributed by atoms with Crippen LogP contribution in [0.3, 0.4) is 0 Å². The molecule has 13 nitrogen and oxygen atoms in total. The lowest BCUT2D eigenvalue weighted by atomic mass is 9.99. The Morgan fingerprint density at radius 1 is 1.16 bits per heavy atom. The number of ether oxygens (including phenoxy) is 1. The number of aliphatic carboxylic acids is 1. The molecule has 0 saturated carbocycles. The number of nitrogens with one attached hydrogen (secondary N) is 3. The van der Waals surface area contributed by atoms with Crippen molar-refractivity contribution >= 4 is 40.6 Å². The molecule has 37 heavy (non-hydrogen) atoms. The number of carboxylic acid groups (broad SMARTS) is 1. The number of esters is 1. The monoisotopic (exact) mass is 511 g/mol. The average Bonchev–Trinajstić information content (AvgIpc) is 2.83. The molecule has 0 saturated heterocycles. The Labute approximate surface area is 211 Å². The van der Waals surface area contributed by atoms with Crippen LogP contribution in [0.5, 0.6) is 0 Å². The summed E-state index contributed by atoms with van der Waals surface area (Å²) in [4.78, 5) is 62.6. The van der Waals surface area contributed by atoms with Crippen LogP contribution in [-0.2, 0) is 20.9 Å². The molecule has 2 aromatic heterocycles. The van der Waals surface area contributed by atoms with E-state index < -0.39 is 29.4 Å². The van der Waals surface area contributed by atoms with Gasteiger partial charge in [0.1, 0.15) is 6.04 Å². The van der Waals surface area contributed by atoms with Gasteiger partial charge >= 0.3 is 11.9 Å². The third kappa shape index (κ3) is 7.98. The second-order valence-corrected chi connectivity index (χ2v) is 9.54. The van der Waals surface area contributed by atoms with Crippen molar-refractivity contribution in [3.8, 4) is 0 Å². The zero-order valence-corrected chi connectivity index (χ0v) is 20.7. The number of hydrogen-bond acceptors (Lipinski definition) is 10. The molecular formula is C24H29N7O6. The molecule has 0 radical (unpaired) electrons. The summed E-state index contributed by atoms with van der Waals surface area (Å²) in [5.41, 5.74) is 6.39. The van der Waals surface area contributed by atoms with E-state index in [4.69, 9.17) is 10.5 Å². The van der Waals surface area contributed by atoms with Crippen molar-refractivity contribution in [3.63, 3.8) is 0 Å². The molecule has 0 aliphatic carbocycles. The lowest BCUT2D eigenvalue weighted by molar-refractivity contribution is -0.147. The molecule has 3 aromatic rings. The first-order chi connectivity index (χ1) is 17.4. The smallest absolute Gasteiger partial charge is 0.326 e. The van der Waals surface area contributed by atoms with Gasteiger partial charge in [-0.15, -0.1) is 0 Å². The first-order valence-corrected chi connectivity index (χ1v) is 11.5. The van der Waals surface area contributed by atoms with Gasteiger partial charge in [-0.1, -0.05) is 20.8 Å². The highest BCUT2D eigenvalue weighted by molar-refractivity contribution is 5.97. The molecule has 2 heterocycles. The highest BCUT2D eigenvalue weighted by Gasteiger charge is 2.23. The predicted molar refractivity (Wildman–Crippen MR) is 135 cm³/mol. The number of benzene rings is 1. The van der Waals surface area contributed by atoms with Gasteiger partial charge in [0.15, 0.2) is 11.2 Å². The van der Waals surface area contributed by atoms with E-state index >= 15 is 0 Å². The average molecular weight is 512 g/mol. The van der Waals surface area contributed by atoms with E-state index in [9.17, 15) is 24.3 Å². The molecule has 0 bridgehead atoms. The van der Waals surface area contributed by atoms with E-state index in [1.165, 1.54) is 18.3 Å². The Kier molecular flexibility index (Phi) is 8.37. The van der Waals surface area contributed by atoms with Gasteiger partial charge in [0.2, 0.25) is 5.95 Å². The summed E-state index contributed by atoms with van der Waals surface area (Å²) in [5, 5.41) is 15.0. The highest BCUT2D eigenvalue weighted by atomic mass is 16.5. The number of anilines is 2. The number of aromatic amines is 1. The van der Waals surface area contributed by atoms with E-state index in [0.29, 0.717) is 11.4 Å². The quantitative estimate of drug-likeness (QED) is 0.247. The molecule has 1 atom stereocenters. The summed E-state index contributed by atoms with van der Waals surface area (Å²) >= 11 is 0. The van der Waals surface area contributed by atoms with Crippen LogP contribution < -0.4 is 21.9 Å². The van der Waals surface area contributed by atoms with E-state index in [1.807, 2.05) is 20.8 Å². The third-order valence-electron chi connectivity index (χ3n) is 5.01. The first kappa shape index (κ1) is 27.0. The molecule has 1 aromatic carbocycles. The van der Waals surface area contributed by atoms with Crippen molar-refractivity contribution in [1.29, 1.82) is 0 Å². The van der Waals surface area contributed by atoms with Gasteiger partial charge in [-0.2, -0.15) is 4.98 Å². The number of carbonyl (C=O) groups excluding carboxylic acids is 2. The Morgan fingerprint density at radius 3 is 2.51 bits per heavy atom. The molecule has 0 aliphatic heterocycles. The van der Waals surface area contributed by atoms with Crippen molar-refractivity contribution in [2.24, 2.45) is 5.41 Å². The van der Waals surface area contributed by atoms with Crippen molar-refractivity contribution in [2.75, 3.05) is 17.7 Å². The summed E-state index contributed by atoms with van der Waals surface area (Å²) in [6.45, 7) is 6.19. The number of nitrogens with zero attached hydrogens (tertiary/aromatic N) is 3. The van der Waals surface area contributed by atoms with Gasteiger partial charge in [-0.3, -0.25) is 19.4 Å². The number of amides is 1. The number of aromatic nitrogens is 4. The van der Waals surface area contributed by atoms with Crippen LogP contribution in [0.15, 0.2) is 35.3 Å². The Bertz CT molecular complexity index is 1350. The van der Waals surface area contributed by atoms with Crippen LogP contribution in [0.25, 0.3) is 11.2 Å². The van der Waals surface area contributed by atoms with E-state index in [-0.39, 0.29) is 54.1 Å². The zero-order valence-electron chi connectivity index (χ0n) is 20.7. The number of fused-ring (bicyclic) bond motifs is 1. The van der Waals surface area contributed by atoms with E-state index in [1.54, 1.807) is 12.1 Å². The summed E-state index contributed by atoms with van der Waals surface area (Å²) in [7, 11) is 0. The van der Waals surface area contributed by atoms with Crippen LogP contribution in [0.1, 0.15) is 49.7 Å². The highest BCUT2D eigenvalue weighted by Crippen LogP contribution is 2.15. The molecule has 1 amide bonds. The molecule has 13 heteroatoms. The number of carbonyl (C=O) groups is 3. The fourth-order valence-electron chi connectivity index (χ4n) is 3.12. The number of nitrogens with two attached hydrogens (primary N) is 1. The van der Waals surface area contributed by atoms with Crippen LogP contribution in [0, 0.1) is 5.41 Å². The fourth-order valence-corrected chi connectivity index (χ4v) is 3.12. The van der Waals surface area contributed by atoms with Crippen molar-refractivity contribution < 1.29 is 24.2 Å². The number of rotatable bonds is 10. The maximum atomic E-state index is 12.6. The Balaban J connectivity index is 1.55. The van der Waals surface area contributed by atoms with Crippen LogP contribution in [0.2, 0.25) is 0 Å². The SMILES string of the molecule is CC(C)(C)COC(=O)CCC(NC(=O)c1ccc(NCc2cnc3nc(N)[nH]c(=O)c3n2)cc1)C(=O)O. The van der Waals surface area contributed by atoms with Crippen LogP contribution in [0.4, 0.5) is 11.6 Å². The molecule has 0 fully saturated rings. The van der Waals surface area contributed by atoms with E-state index in [2.05, 4.69) is 30.6 Å². The van der Waals surface area contributed by atoms with Gasteiger partial charge in [0, 0.05) is 17.7 Å². The second kappa shape index (κ2) is 11.5. The second-order valence-electron chi connectivity index (χ2n) is 9.54. The lowest BCUT2D eigenvalue weighted by Crippen LogP contribution is -2.41. The third-order valence-corrected chi connectivity index (χ3v) is 5.01. The topological polar surface area (TPSA) is 202 Å². The summed E-state index contributed by atoms with van der Waals surface area (Å²) in [6, 6.07) is 5.08. The Hall–Kier alpha value is -4.55. The van der Waals surface area contributed by atoms with Gasteiger partial charge in [0.05, 0.1) is 25.0 Å². The molecule has 3 rings (SSSR count). The van der Waals surface area contributed by atoms with Gasteiger partial charge in [0.25, 0.3) is 11.5 Å². The van der Waals surface area contributed by atoms with Crippen molar-refractivity contribution in [2.45, 2.75) is 46.2 Å². The molecule has 196 valence electrons. The van der Waals surface area contributed by atoms with Gasteiger partial charge < -0.3 is 26.2 Å². The maximum absolute atomic E-state index is 12.6. The number of nitrogen functional groups attached to an aromatic ring is 1. The molecular weight excluding hydrogens is 482 g/mol. The molecule has 0 aliphatic rings. The van der Waals surface area contributed by atoms with Gasteiger partial charge in [-0.25, -0.2) is 14.8 Å². The summed E-state index contributed by atoms with van der Waals surface area (Å²) in [6.07, 6.45) is 1.23. The standard InChI is InChI=1S/C24H29N7O6/c1-24(2,3)12-37-17(32)9-8-16(22(35)36)29-20(33)13-4-6-14(7-5-13)26-10-15-11-27-19-18(28-15)21(34)31-23(25)30-19/h4-7,11,16,26H,8-10,12H2,1-3H3,(H,29,33)(H,35,36)(H3,25,27,30,31,34). The van der Waals surface area contributed by atoms with Crippen LogP contribution >= 0.6 is 0 Å². The first-order valence-electron chi connectivity index (χ1n) is 11.5. The molecule has 0 spiro atoms. The predicted octanol–water partition coefficient (Wildman–Crippen LogP) is 1.46. The molecule has 1 unspecified atom stereocenters. The fraction of sp³-hybridized carbons (Fsp3) is 0.375. The Morgan fingerprint density at radius 2 is 1.86 bits per heavy atom. The maximum Gasteiger partial charge on any atom is 0.326 e. The van der Waals surface area contributed by atoms with Gasteiger partial charge in [-0.05, 0) is 36.1 Å². The number of hydrogen-bond donors (Lipinski definition) is 5. The summed E-state index contributed by atoms with van der Waals surface area (Å²) < 4.78 is 5.14. The molecule has 6 N–H and O–H groups in total. The largest absolute Gasteiger partial charge is 0.480 e. The lowest BCUT2D eigenvalue weighted by Gasteiger charge is -2.18. The number of H-pyrrole nitrogens is 1. The van der Waals surface area contributed by atoms with Crippen molar-refractivity contribution in [3.05, 3.63) is 52.1 Å². The van der Waals surface area contributed by atoms with E-state index in [0.717, 1.165) is 0 Å². The minimum Gasteiger partial charge on any atom is -0.480 e. The van der Waals surface area contributed by atoms with Crippen LogP contribution in [-0.4, -0.2) is 55.5 Å². The zero-order chi connectivity index (χ0) is 27.2. The minimum atomic E-state index is -1.25. The number of carboxylic acids is 1. The summed E-state index contributed by atoms with van der Waals surface area (Å²) in [5.74, 6) is -2.40. The normalized spacial score (nSPS) is 12.1.